The molecule has 1 aliphatic carbocycles. The number of nitrogens with one attached hydrogen (secondary N) is 1. The van der Waals surface area contributed by atoms with Gasteiger partial charge in [0.05, 0.1) is 11.6 Å². The predicted molar refractivity (Wildman–Crippen MR) is 62.7 cm³/mol. The molecule has 0 amide bonds. The summed E-state index contributed by atoms with van der Waals surface area (Å²) in [7, 11) is 0. The van der Waals surface area contributed by atoms with Crippen molar-refractivity contribution >= 4 is 28.5 Å². The molecule has 0 spiro atoms. The smallest absolute Gasteiger partial charge is 0.226 e. The number of anilines is 1. The summed E-state index contributed by atoms with van der Waals surface area (Å²) in [6.07, 6.45) is 4.22. The topological polar surface area (TPSA) is 57.7 Å². The van der Waals surface area contributed by atoms with Crippen LogP contribution in [0.2, 0.25) is 5.28 Å². The van der Waals surface area contributed by atoms with E-state index < -0.39 is 0 Å². The zero-order chi connectivity index (χ0) is 11.1. The minimum absolute atomic E-state index is 0.269. The molecule has 84 valence electrons. The molecule has 2 heterocycles. The van der Waals surface area contributed by atoms with E-state index in [9.17, 15) is 0 Å². The molecule has 1 aliphatic rings. The maximum Gasteiger partial charge on any atom is 0.226 e. The first-order chi connectivity index (χ1) is 7.79. The second-order valence-corrected chi connectivity index (χ2v) is 4.30. The van der Waals surface area contributed by atoms with Gasteiger partial charge in [-0.2, -0.15) is 15.1 Å². The summed E-state index contributed by atoms with van der Waals surface area (Å²) in [5.74, 6) is 0.897. The van der Waals surface area contributed by atoms with Crippen LogP contribution in [0.4, 0.5) is 5.82 Å². The molecule has 0 unspecified atom stereocenters. The standard InChI is InChI=1S/C10H12ClN5/c1-2-16(6-3-4-6)9-7-5-12-15-8(7)13-10(11)14-9/h5-6H,2-4H2,1H3,(H,12,13,14,15). The first-order valence-corrected chi connectivity index (χ1v) is 5.80. The molecule has 2 aromatic rings. The van der Waals surface area contributed by atoms with Gasteiger partial charge in [0.15, 0.2) is 5.65 Å². The zero-order valence-corrected chi connectivity index (χ0v) is 9.70. The molecular weight excluding hydrogens is 226 g/mol. The monoisotopic (exact) mass is 237 g/mol. The molecule has 1 fully saturated rings. The number of rotatable bonds is 3. The van der Waals surface area contributed by atoms with Crippen molar-refractivity contribution in [3.05, 3.63) is 11.5 Å². The van der Waals surface area contributed by atoms with Gasteiger partial charge in [0.1, 0.15) is 5.82 Å². The van der Waals surface area contributed by atoms with Crippen LogP contribution in [0.3, 0.4) is 0 Å². The molecular formula is C10H12ClN5. The zero-order valence-electron chi connectivity index (χ0n) is 8.94. The second kappa shape index (κ2) is 3.59. The Kier molecular flexibility index (Phi) is 2.21. The highest BCUT2D eigenvalue weighted by atomic mass is 35.5. The van der Waals surface area contributed by atoms with Crippen LogP contribution < -0.4 is 4.90 Å². The average molecular weight is 238 g/mol. The molecule has 0 saturated heterocycles. The van der Waals surface area contributed by atoms with E-state index in [0.29, 0.717) is 11.7 Å². The molecule has 1 N–H and O–H groups in total. The van der Waals surface area contributed by atoms with E-state index in [4.69, 9.17) is 11.6 Å². The van der Waals surface area contributed by atoms with Gasteiger partial charge in [-0.05, 0) is 31.4 Å². The van der Waals surface area contributed by atoms with Crippen LogP contribution in [0.1, 0.15) is 19.8 Å². The van der Waals surface area contributed by atoms with Crippen LogP contribution in [0, 0.1) is 0 Å². The normalized spacial score (nSPS) is 15.6. The maximum atomic E-state index is 5.91. The highest BCUT2D eigenvalue weighted by Gasteiger charge is 2.30. The molecule has 1 saturated carbocycles. The Morgan fingerprint density at radius 3 is 3.00 bits per heavy atom. The molecule has 0 atom stereocenters. The maximum absolute atomic E-state index is 5.91. The van der Waals surface area contributed by atoms with E-state index in [1.165, 1.54) is 12.8 Å². The quantitative estimate of drug-likeness (QED) is 0.830. The molecule has 0 aromatic carbocycles. The first kappa shape index (κ1) is 9.84. The van der Waals surface area contributed by atoms with Crippen molar-refractivity contribution in [3.8, 4) is 0 Å². The lowest BCUT2D eigenvalue weighted by atomic mass is 10.3. The van der Waals surface area contributed by atoms with Crippen molar-refractivity contribution in [2.75, 3.05) is 11.4 Å². The Morgan fingerprint density at radius 1 is 1.50 bits per heavy atom. The van der Waals surface area contributed by atoms with Crippen LogP contribution in [0.25, 0.3) is 11.0 Å². The second-order valence-electron chi connectivity index (χ2n) is 3.97. The number of aromatic nitrogens is 4. The average Bonchev–Trinajstić information content (AvgIpc) is 2.97. The van der Waals surface area contributed by atoms with Gasteiger partial charge in [-0.15, -0.1) is 0 Å². The van der Waals surface area contributed by atoms with Gasteiger partial charge in [0.2, 0.25) is 5.28 Å². The summed E-state index contributed by atoms with van der Waals surface area (Å²) in [6.45, 7) is 3.05. The Morgan fingerprint density at radius 2 is 2.31 bits per heavy atom. The van der Waals surface area contributed by atoms with Gasteiger partial charge in [-0.1, -0.05) is 0 Å². The summed E-state index contributed by atoms with van der Waals surface area (Å²) in [5, 5.41) is 8.03. The summed E-state index contributed by atoms with van der Waals surface area (Å²) in [6, 6.07) is 0.606. The van der Waals surface area contributed by atoms with Gasteiger partial charge in [0.25, 0.3) is 0 Å². The molecule has 0 radical (unpaired) electrons. The van der Waals surface area contributed by atoms with Gasteiger partial charge in [-0.25, -0.2) is 0 Å². The number of H-pyrrole nitrogens is 1. The van der Waals surface area contributed by atoms with Crippen molar-refractivity contribution < 1.29 is 0 Å². The number of hydrogen-bond acceptors (Lipinski definition) is 4. The third kappa shape index (κ3) is 1.51. The molecule has 16 heavy (non-hydrogen) atoms. The van der Waals surface area contributed by atoms with Crippen LogP contribution in [0.5, 0.6) is 0 Å². The van der Waals surface area contributed by atoms with Crippen molar-refractivity contribution in [1.82, 2.24) is 20.2 Å². The van der Waals surface area contributed by atoms with Crippen LogP contribution in [-0.2, 0) is 0 Å². The summed E-state index contributed by atoms with van der Waals surface area (Å²) in [4.78, 5) is 10.7. The number of nitrogens with zero attached hydrogens (tertiary/aromatic N) is 4. The largest absolute Gasteiger partial charge is 0.353 e. The van der Waals surface area contributed by atoms with Gasteiger partial charge >= 0.3 is 0 Å². The number of hydrogen-bond donors (Lipinski definition) is 1. The fourth-order valence-electron chi connectivity index (χ4n) is 1.98. The van der Waals surface area contributed by atoms with E-state index in [-0.39, 0.29) is 5.28 Å². The van der Waals surface area contributed by atoms with Gasteiger partial charge in [0, 0.05) is 12.6 Å². The molecule has 0 bridgehead atoms. The fourth-order valence-corrected chi connectivity index (χ4v) is 2.14. The Hall–Kier alpha value is -1.36. The first-order valence-electron chi connectivity index (χ1n) is 5.43. The predicted octanol–water partition coefficient (Wildman–Crippen LogP) is 1.99. The molecule has 6 heteroatoms. The SMILES string of the molecule is CCN(c1nc(Cl)nc2[nH]ncc12)C1CC1. The highest BCUT2D eigenvalue weighted by molar-refractivity contribution is 6.28. The van der Waals surface area contributed by atoms with Gasteiger partial charge in [-0.3, -0.25) is 5.10 Å². The Bertz CT molecular complexity index is 519. The number of fused-ring (bicyclic) bond motifs is 1. The van der Waals surface area contributed by atoms with E-state index in [1.54, 1.807) is 6.20 Å². The molecule has 5 nitrogen and oxygen atoms in total. The Balaban J connectivity index is 2.15. The van der Waals surface area contributed by atoms with E-state index in [2.05, 4.69) is 32.0 Å². The van der Waals surface area contributed by atoms with Crippen molar-refractivity contribution in [2.45, 2.75) is 25.8 Å². The van der Waals surface area contributed by atoms with Crippen molar-refractivity contribution in [1.29, 1.82) is 0 Å². The van der Waals surface area contributed by atoms with E-state index >= 15 is 0 Å². The lowest BCUT2D eigenvalue weighted by Crippen LogP contribution is -2.26. The van der Waals surface area contributed by atoms with Crippen LogP contribution in [0.15, 0.2) is 6.20 Å². The fraction of sp³-hybridized carbons (Fsp3) is 0.500. The minimum atomic E-state index is 0.269. The summed E-state index contributed by atoms with van der Waals surface area (Å²) in [5.41, 5.74) is 0.703. The third-order valence-corrected chi connectivity index (χ3v) is 3.03. The van der Waals surface area contributed by atoms with E-state index in [1.807, 2.05) is 0 Å². The van der Waals surface area contributed by atoms with Gasteiger partial charge < -0.3 is 4.90 Å². The third-order valence-electron chi connectivity index (χ3n) is 2.86. The van der Waals surface area contributed by atoms with Crippen molar-refractivity contribution in [2.24, 2.45) is 0 Å². The minimum Gasteiger partial charge on any atom is -0.353 e. The number of aromatic amines is 1. The Labute approximate surface area is 97.8 Å². The van der Waals surface area contributed by atoms with E-state index in [0.717, 1.165) is 17.7 Å². The van der Waals surface area contributed by atoms with Crippen LogP contribution in [-0.4, -0.2) is 32.8 Å². The molecule has 3 rings (SSSR count). The summed E-state index contributed by atoms with van der Waals surface area (Å²) < 4.78 is 0. The summed E-state index contributed by atoms with van der Waals surface area (Å²) >= 11 is 5.91. The molecule has 0 aliphatic heterocycles. The number of halogens is 1. The lowest BCUT2D eigenvalue weighted by molar-refractivity contribution is 0.811. The highest BCUT2D eigenvalue weighted by Crippen LogP contribution is 2.33. The van der Waals surface area contributed by atoms with Crippen molar-refractivity contribution in [3.63, 3.8) is 0 Å². The lowest BCUT2D eigenvalue weighted by Gasteiger charge is -2.21. The molecule has 2 aromatic heterocycles. The van der Waals surface area contributed by atoms with Crippen LogP contribution >= 0.6 is 11.6 Å².